The van der Waals surface area contributed by atoms with Crippen LogP contribution in [0.1, 0.15) is 35.7 Å². The number of carbonyl (C=O) groups is 1. The van der Waals surface area contributed by atoms with Crippen LogP contribution in [-0.2, 0) is 6.54 Å². The molecule has 4 rings (SSSR count). The molecule has 1 aliphatic rings. The summed E-state index contributed by atoms with van der Waals surface area (Å²) in [6.07, 6.45) is 3.58. The molecule has 0 unspecified atom stereocenters. The lowest BCUT2D eigenvalue weighted by Gasteiger charge is -2.30. The Bertz CT molecular complexity index is 1060. The average molecular weight is 401 g/mol. The Balaban J connectivity index is 1.54. The third kappa shape index (κ3) is 3.75. The number of carbonyl (C=O) groups excluding carboxylic acids is 1. The SMILES string of the molecule is C[C@@H]1CCCN(c2nn3c(=O)c(C(=O)NCc4ccc(F)cc4)cnc3s2)C1. The van der Waals surface area contributed by atoms with Crippen molar-refractivity contribution >= 4 is 27.3 Å². The van der Waals surface area contributed by atoms with Crippen LogP contribution in [0.4, 0.5) is 9.52 Å². The van der Waals surface area contributed by atoms with E-state index >= 15 is 0 Å². The van der Waals surface area contributed by atoms with Crippen LogP contribution in [0, 0.1) is 11.7 Å². The number of nitrogens with zero attached hydrogens (tertiary/aromatic N) is 4. The van der Waals surface area contributed by atoms with Gasteiger partial charge >= 0.3 is 0 Å². The first-order valence-corrected chi connectivity index (χ1v) is 9.99. The van der Waals surface area contributed by atoms with Crippen molar-refractivity contribution in [2.45, 2.75) is 26.3 Å². The lowest BCUT2D eigenvalue weighted by molar-refractivity contribution is 0.0948. The van der Waals surface area contributed by atoms with Gasteiger partial charge in [0.1, 0.15) is 11.4 Å². The first kappa shape index (κ1) is 18.5. The maximum Gasteiger partial charge on any atom is 0.288 e. The summed E-state index contributed by atoms with van der Waals surface area (Å²) in [5.74, 6) is -0.291. The topological polar surface area (TPSA) is 79.6 Å². The summed E-state index contributed by atoms with van der Waals surface area (Å²) in [7, 11) is 0. The smallest absolute Gasteiger partial charge is 0.288 e. The molecule has 3 aromatic rings. The standard InChI is InChI=1S/C19H20FN5O2S/c1-12-3-2-8-24(11-12)19-23-25-17(27)15(10-22-18(25)28-19)16(26)21-9-13-4-6-14(20)7-5-13/h4-7,10,12H,2-3,8-9,11H2,1H3,(H,21,26)/t12-/m1/s1. The van der Waals surface area contributed by atoms with Gasteiger partial charge in [0.25, 0.3) is 11.5 Å². The molecule has 146 valence electrons. The fourth-order valence-electron chi connectivity index (χ4n) is 3.30. The molecule has 1 saturated heterocycles. The van der Waals surface area contributed by atoms with E-state index in [1.807, 2.05) is 0 Å². The molecule has 1 amide bonds. The second kappa shape index (κ2) is 7.67. The van der Waals surface area contributed by atoms with E-state index < -0.39 is 11.5 Å². The zero-order valence-electron chi connectivity index (χ0n) is 15.4. The van der Waals surface area contributed by atoms with E-state index in [0.717, 1.165) is 30.2 Å². The van der Waals surface area contributed by atoms with Crippen LogP contribution >= 0.6 is 11.3 Å². The van der Waals surface area contributed by atoms with E-state index in [-0.39, 0.29) is 17.9 Å². The molecule has 0 aliphatic carbocycles. The van der Waals surface area contributed by atoms with Crippen molar-refractivity contribution in [3.05, 3.63) is 57.8 Å². The normalized spacial score (nSPS) is 17.1. The van der Waals surface area contributed by atoms with Gasteiger partial charge in [-0.25, -0.2) is 9.37 Å². The Kier molecular flexibility index (Phi) is 5.08. The minimum absolute atomic E-state index is 0.0662. The predicted molar refractivity (Wildman–Crippen MR) is 105 cm³/mol. The summed E-state index contributed by atoms with van der Waals surface area (Å²) in [6.45, 7) is 4.20. The first-order valence-electron chi connectivity index (χ1n) is 9.18. The van der Waals surface area contributed by atoms with Gasteiger partial charge in [0.05, 0.1) is 0 Å². The molecule has 9 heteroatoms. The Morgan fingerprint density at radius 2 is 2.14 bits per heavy atom. The van der Waals surface area contributed by atoms with E-state index in [0.29, 0.717) is 10.9 Å². The highest BCUT2D eigenvalue weighted by Gasteiger charge is 2.22. The van der Waals surface area contributed by atoms with Crippen molar-refractivity contribution in [1.29, 1.82) is 0 Å². The van der Waals surface area contributed by atoms with Crippen molar-refractivity contribution in [2.75, 3.05) is 18.0 Å². The molecule has 1 fully saturated rings. The Labute approximate surface area is 164 Å². The molecule has 0 spiro atoms. The van der Waals surface area contributed by atoms with Crippen LogP contribution in [0.25, 0.3) is 4.96 Å². The summed E-state index contributed by atoms with van der Waals surface area (Å²) < 4.78 is 14.2. The molecule has 0 bridgehead atoms. The number of halogens is 1. The third-order valence-electron chi connectivity index (χ3n) is 4.81. The zero-order valence-corrected chi connectivity index (χ0v) is 16.2. The van der Waals surface area contributed by atoms with Crippen LogP contribution in [0.5, 0.6) is 0 Å². The molecule has 7 nitrogen and oxygen atoms in total. The lowest BCUT2D eigenvalue weighted by Crippen LogP contribution is -2.34. The van der Waals surface area contributed by atoms with E-state index in [1.165, 1.54) is 40.6 Å². The molecule has 0 radical (unpaired) electrons. The van der Waals surface area contributed by atoms with Gasteiger partial charge in [-0.1, -0.05) is 30.4 Å². The number of hydrogen-bond donors (Lipinski definition) is 1. The molecule has 28 heavy (non-hydrogen) atoms. The van der Waals surface area contributed by atoms with Crippen LogP contribution in [0.2, 0.25) is 0 Å². The summed E-state index contributed by atoms with van der Waals surface area (Å²) in [4.78, 5) is 32.0. The number of fused-ring (bicyclic) bond motifs is 1. The molecule has 1 N–H and O–H groups in total. The summed E-state index contributed by atoms with van der Waals surface area (Å²) >= 11 is 1.35. The Hall–Kier alpha value is -2.81. The number of anilines is 1. The molecular weight excluding hydrogens is 381 g/mol. The summed E-state index contributed by atoms with van der Waals surface area (Å²) in [5.41, 5.74) is 0.177. The van der Waals surface area contributed by atoms with E-state index in [1.54, 1.807) is 12.1 Å². The van der Waals surface area contributed by atoms with Crippen molar-refractivity contribution in [1.82, 2.24) is 19.9 Å². The van der Waals surface area contributed by atoms with Gasteiger partial charge < -0.3 is 10.2 Å². The highest BCUT2D eigenvalue weighted by molar-refractivity contribution is 7.20. The van der Waals surface area contributed by atoms with Gasteiger partial charge in [0.2, 0.25) is 10.1 Å². The first-order chi connectivity index (χ1) is 13.5. The van der Waals surface area contributed by atoms with E-state index in [2.05, 4.69) is 27.2 Å². The van der Waals surface area contributed by atoms with Crippen LogP contribution in [0.15, 0.2) is 35.3 Å². The zero-order chi connectivity index (χ0) is 19.7. The molecule has 0 saturated carbocycles. The fourth-order valence-corrected chi connectivity index (χ4v) is 4.20. The van der Waals surface area contributed by atoms with Crippen LogP contribution in [-0.4, -0.2) is 33.6 Å². The molecule has 2 aromatic heterocycles. The minimum Gasteiger partial charge on any atom is -0.348 e. The quantitative estimate of drug-likeness (QED) is 0.727. The minimum atomic E-state index is -0.530. The second-order valence-corrected chi connectivity index (χ2v) is 7.99. The number of hydrogen-bond acceptors (Lipinski definition) is 6. The van der Waals surface area contributed by atoms with Crippen LogP contribution < -0.4 is 15.8 Å². The Morgan fingerprint density at radius 3 is 2.89 bits per heavy atom. The fraction of sp³-hybridized carbons (Fsp3) is 0.368. The van der Waals surface area contributed by atoms with Gasteiger partial charge in [0.15, 0.2) is 0 Å². The third-order valence-corrected chi connectivity index (χ3v) is 5.80. The molecule has 3 heterocycles. The molecule has 1 atom stereocenters. The molecular formula is C19H20FN5O2S. The monoisotopic (exact) mass is 401 g/mol. The summed E-state index contributed by atoms with van der Waals surface area (Å²) in [5, 5.41) is 7.82. The number of aromatic nitrogens is 3. The second-order valence-electron chi connectivity index (χ2n) is 7.06. The van der Waals surface area contributed by atoms with E-state index in [4.69, 9.17) is 0 Å². The maximum atomic E-state index is 13.0. The van der Waals surface area contributed by atoms with Crippen LogP contribution in [0.3, 0.4) is 0 Å². The highest BCUT2D eigenvalue weighted by atomic mass is 32.1. The highest BCUT2D eigenvalue weighted by Crippen LogP contribution is 2.26. The largest absolute Gasteiger partial charge is 0.348 e. The predicted octanol–water partition coefficient (Wildman–Crippen LogP) is 2.46. The molecule has 1 aromatic carbocycles. The summed E-state index contributed by atoms with van der Waals surface area (Å²) in [6, 6.07) is 5.80. The Morgan fingerprint density at radius 1 is 1.36 bits per heavy atom. The maximum absolute atomic E-state index is 13.0. The number of rotatable bonds is 4. The number of nitrogens with one attached hydrogen (secondary N) is 1. The van der Waals surface area contributed by atoms with E-state index in [9.17, 15) is 14.0 Å². The average Bonchev–Trinajstić information content (AvgIpc) is 3.13. The van der Waals surface area contributed by atoms with Crippen molar-refractivity contribution in [3.63, 3.8) is 0 Å². The number of piperidine rings is 1. The molecule has 1 aliphatic heterocycles. The van der Waals surface area contributed by atoms with Gasteiger partial charge in [0, 0.05) is 25.8 Å². The van der Waals surface area contributed by atoms with Crippen molar-refractivity contribution in [3.8, 4) is 0 Å². The van der Waals surface area contributed by atoms with Gasteiger partial charge in [-0.05, 0) is 36.5 Å². The van der Waals surface area contributed by atoms with Crippen molar-refractivity contribution in [2.24, 2.45) is 5.92 Å². The lowest BCUT2D eigenvalue weighted by atomic mass is 10.0. The number of amides is 1. The van der Waals surface area contributed by atoms with Gasteiger partial charge in [-0.15, -0.1) is 5.10 Å². The van der Waals surface area contributed by atoms with Gasteiger partial charge in [-0.2, -0.15) is 4.52 Å². The van der Waals surface area contributed by atoms with Gasteiger partial charge in [-0.3, -0.25) is 9.59 Å². The number of benzene rings is 1. The van der Waals surface area contributed by atoms with Crippen molar-refractivity contribution < 1.29 is 9.18 Å².